The highest BCUT2D eigenvalue weighted by atomic mass is 32.2. The SMILES string of the molecule is Cc1ccc(NC(=O)Cn2ccnc2S(C)(=O)=O)cc1. The predicted molar refractivity (Wildman–Crippen MR) is 75.1 cm³/mol. The Morgan fingerprint density at radius 3 is 2.55 bits per heavy atom. The average molecular weight is 293 g/mol. The maximum absolute atomic E-state index is 11.9. The van der Waals surface area contributed by atoms with E-state index >= 15 is 0 Å². The zero-order chi connectivity index (χ0) is 14.8. The average Bonchev–Trinajstić information content (AvgIpc) is 2.80. The monoisotopic (exact) mass is 293 g/mol. The molecular weight excluding hydrogens is 278 g/mol. The van der Waals surface area contributed by atoms with Gasteiger partial charge in [0.25, 0.3) is 0 Å². The Morgan fingerprint density at radius 2 is 1.95 bits per heavy atom. The molecule has 0 saturated carbocycles. The molecule has 0 aliphatic heterocycles. The fourth-order valence-corrected chi connectivity index (χ4v) is 2.54. The van der Waals surface area contributed by atoms with Crippen molar-refractivity contribution >= 4 is 21.4 Å². The maximum atomic E-state index is 11.9. The summed E-state index contributed by atoms with van der Waals surface area (Å²) in [7, 11) is -3.44. The Kier molecular flexibility index (Phi) is 3.89. The lowest BCUT2D eigenvalue weighted by atomic mass is 10.2. The van der Waals surface area contributed by atoms with E-state index in [2.05, 4.69) is 10.3 Å². The van der Waals surface area contributed by atoms with Crippen LogP contribution in [0, 0.1) is 6.92 Å². The number of nitrogens with one attached hydrogen (secondary N) is 1. The molecular formula is C13H15N3O3S. The van der Waals surface area contributed by atoms with Gasteiger partial charge in [-0.15, -0.1) is 0 Å². The summed E-state index contributed by atoms with van der Waals surface area (Å²) in [4.78, 5) is 15.6. The van der Waals surface area contributed by atoms with E-state index in [4.69, 9.17) is 0 Å². The molecule has 0 aliphatic carbocycles. The van der Waals surface area contributed by atoms with Gasteiger partial charge in [-0.1, -0.05) is 17.7 Å². The number of carbonyl (C=O) groups is 1. The van der Waals surface area contributed by atoms with E-state index in [1.165, 1.54) is 17.0 Å². The zero-order valence-electron chi connectivity index (χ0n) is 11.2. The maximum Gasteiger partial charge on any atom is 0.244 e. The van der Waals surface area contributed by atoms with E-state index in [1.54, 1.807) is 12.1 Å². The van der Waals surface area contributed by atoms with E-state index < -0.39 is 9.84 Å². The lowest BCUT2D eigenvalue weighted by Gasteiger charge is -2.08. The number of hydrogen-bond acceptors (Lipinski definition) is 4. The highest BCUT2D eigenvalue weighted by Crippen LogP contribution is 2.10. The van der Waals surface area contributed by atoms with Gasteiger partial charge in [-0.05, 0) is 19.1 Å². The molecule has 0 aliphatic rings. The second kappa shape index (κ2) is 5.46. The van der Waals surface area contributed by atoms with Crippen LogP contribution in [-0.4, -0.2) is 30.1 Å². The standard InChI is InChI=1S/C13H15N3O3S/c1-10-3-5-11(6-4-10)15-12(17)9-16-8-7-14-13(16)20(2,18)19/h3-8H,9H2,1-2H3,(H,15,17). The lowest BCUT2D eigenvalue weighted by molar-refractivity contribution is -0.116. The van der Waals surface area contributed by atoms with E-state index in [9.17, 15) is 13.2 Å². The molecule has 20 heavy (non-hydrogen) atoms. The fourth-order valence-electron chi connectivity index (χ4n) is 1.74. The van der Waals surface area contributed by atoms with E-state index in [1.807, 2.05) is 19.1 Å². The minimum absolute atomic E-state index is 0.101. The van der Waals surface area contributed by atoms with Crippen molar-refractivity contribution in [2.75, 3.05) is 11.6 Å². The van der Waals surface area contributed by atoms with E-state index in [-0.39, 0.29) is 17.6 Å². The highest BCUT2D eigenvalue weighted by Gasteiger charge is 2.16. The second-order valence-corrected chi connectivity index (χ2v) is 6.43. The third-order valence-electron chi connectivity index (χ3n) is 2.66. The van der Waals surface area contributed by atoms with Crippen LogP contribution >= 0.6 is 0 Å². The molecule has 2 rings (SSSR count). The molecule has 2 aromatic rings. The van der Waals surface area contributed by atoms with Crippen LogP contribution in [0.15, 0.2) is 41.8 Å². The van der Waals surface area contributed by atoms with Crippen molar-refractivity contribution in [1.82, 2.24) is 9.55 Å². The fraction of sp³-hybridized carbons (Fsp3) is 0.231. The first-order valence-electron chi connectivity index (χ1n) is 5.94. The van der Waals surface area contributed by atoms with Gasteiger partial charge in [0.05, 0.1) is 0 Å². The number of imidazole rings is 1. The summed E-state index contributed by atoms with van der Waals surface area (Å²) in [6.45, 7) is 1.85. The third-order valence-corrected chi connectivity index (χ3v) is 3.66. The number of amides is 1. The molecule has 1 aromatic heterocycles. The van der Waals surface area contributed by atoms with Crippen LogP contribution in [-0.2, 0) is 21.2 Å². The summed E-state index contributed by atoms with van der Waals surface area (Å²) in [6.07, 6.45) is 3.88. The minimum Gasteiger partial charge on any atom is -0.325 e. The van der Waals surface area contributed by atoms with Gasteiger partial charge in [0.1, 0.15) is 6.54 Å². The molecule has 1 amide bonds. The molecule has 7 heteroatoms. The molecule has 0 bridgehead atoms. The third kappa shape index (κ3) is 3.45. The van der Waals surface area contributed by atoms with Crippen molar-refractivity contribution in [1.29, 1.82) is 0 Å². The Labute approximate surface area is 117 Å². The van der Waals surface area contributed by atoms with Crippen LogP contribution in [0.2, 0.25) is 0 Å². The van der Waals surface area contributed by atoms with Gasteiger partial charge in [-0.2, -0.15) is 0 Å². The number of hydrogen-bond donors (Lipinski definition) is 1. The van der Waals surface area contributed by atoms with Crippen LogP contribution in [0.1, 0.15) is 5.56 Å². The van der Waals surface area contributed by atoms with Crippen molar-refractivity contribution in [2.24, 2.45) is 0 Å². The van der Waals surface area contributed by atoms with Gasteiger partial charge in [-0.3, -0.25) is 4.79 Å². The van der Waals surface area contributed by atoms with Crippen LogP contribution in [0.5, 0.6) is 0 Å². The number of benzene rings is 1. The van der Waals surface area contributed by atoms with Crippen molar-refractivity contribution in [3.05, 3.63) is 42.2 Å². The van der Waals surface area contributed by atoms with Crippen molar-refractivity contribution in [3.63, 3.8) is 0 Å². The van der Waals surface area contributed by atoms with Gasteiger partial charge >= 0.3 is 0 Å². The normalized spacial score (nSPS) is 11.3. The predicted octanol–water partition coefficient (Wildman–Crippen LogP) is 1.23. The first-order valence-corrected chi connectivity index (χ1v) is 7.83. The van der Waals surface area contributed by atoms with E-state index in [0.717, 1.165) is 11.8 Å². The quantitative estimate of drug-likeness (QED) is 0.919. The van der Waals surface area contributed by atoms with Crippen molar-refractivity contribution in [2.45, 2.75) is 18.6 Å². The van der Waals surface area contributed by atoms with Crippen molar-refractivity contribution in [3.8, 4) is 0 Å². The summed E-state index contributed by atoms with van der Waals surface area (Å²) < 4.78 is 24.3. The van der Waals surface area contributed by atoms with Gasteiger partial charge in [0.2, 0.25) is 20.9 Å². The van der Waals surface area contributed by atoms with Gasteiger partial charge in [-0.25, -0.2) is 13.4 Å². The first kappa shape index (κ1) is 14.3. The number of nitrogens with zero attached hydrogens (tertiary/aromatic N) is 2. The summed E-state index contributed by atoms with van der Waals surface area (Å²) in [5, 5.41) is 2.59. The molecule has 1 aromatic carbocycles. The van der Waals surface area contributed by atoms with Crippen LogP contribution < -0.4 is 5.32 Å². The molecule has 0 radical (unpaired) electrons. The molecule has 0 unspecified atom stereocenters. The Hall–Kier alpha value is -2.15. The minimum atomic E-state index is -3.44. The summed E-state index contributed by atoms with van der Waals surface area (Å²) in [6, 6.07) is 7.35. The number of carbonyl (C=O) groups excluding carboxylic acids is 1. The molecule has 0 fully saturated rings. The molecule has 0 atom stereocenters. The largest absolute Gasteiger partial charge is 0.325 e. The second-order valence-electron chi connectivity index (χ2n) is 4.52. The van der Waals surface area contributed by atoms with Gasteiger partial charge in [0, 0.05) is 24.3 Å². The highest BCUT2D eigenvalue weighted by molar-refractivity contribution is 7.90. The number of rotatable bonds is 4. The summed E-state index contributed by atoms with van der Waals surface area (Å²) in [5.41, 5.74) is 1.76. The molecule has 0 saturated heterocycles. The van der Waals surface area contributed by atoms with Gasteiger partial charge in [0.15, 0.2) is 0 Å². The number of anilines is 1. The van der Waals surface area contributed by atoms with Crippen LogP contribution in [0.3, 0.4) is 0 Å². The molecule has 106 valence electrons. The van der Waals surface area contributed by atoms with Crippen molar-refractivity contribution < 1.29 is 13.2 Å². The topological polar surface area (TPSA) is 81.1 Å². The molecule has 0 spiro atoms. The van der Waals surface area contributed by atoms with Crippen LogP contribution in [0.4, 0.5) is 5.69 Å². The number of aryl methyl sites for hydroxylation is 1. The Balaban J connectivity index is 2.09. The summed E-state index contributed by atoms with van der Waals surface area (Å²) >= 11 is 0. The number of aromatic nitrogens is 2. The lowest BCUT2D eigenvalue weighted by Crippen LogP contribution is -2.20. The Morgan fingerprint density at radius 1 is 1.30 bits per heavy atom. The smallest absolute Gasteiger partial charge is 0.244 e. The van der Waals surface area contributed by atoms with E-state index in [0.29, 0.717) is 5.69 Å². The zero-order valence-corrected chi connectivity index (χ0v) is 12.0. The molecule has 1 N–H and O–H groups in total. The van der Waals surface area contributed by atoms with Gasteiger partial charge < -0.3 is 9.88 Å². The Bertz CT molecular complexity index is 718. The summed E-state index contributed by atoms with van der Waals surface area (Å²) in [5.74, 6) is -0.309. The molecule has 1 heterocycles. The number of sulfone groups is 1. The first-order chi connectivity index (χ1) is 9.36. The van der Waals surface area contributed by atoms with Crippen LogP contribution in [0.25, 0.3) is 0 Å². The molecule has 6 nitrogen and oxygen atoms in total.